The van der Waals surface area contributed by atoms with Gasteiger partial charge in [0, 0.05) is 19.6 Å². The van der Waals surface area contributed by atoms with Crippen molar-refractivity contribution in [2.75, 3.05) is 39.5 Å². The molecule has 124 valence electrons. The molecule has 0 saturated carbocycles. The summed E-state index contributed by atoms with van der Waals surface area (Å²) in [5.74, 6) is 1.66. The first-order chi connectivity index (χ1) is 11.3. The van der Waals surface area contributed by atoms with Crippen LogP contribution in [0.4, 0.5) is 0 Å². The molecule has 0 radical (unpaired) electrons. The molecule has 0 aliphatic carbocycles. The lowest BCUT2D eigenvalue weighted by atomic mass is 10.0. The van der Waals surface area contributed by atoms with E-state index in [2.05, 4.69) is 5.32 Å². The number of ether oxygens (including phenoxy) is 3. The number of likely N-dealkylation sites (tertiary alicyclic amines) is 1. The molecule has 2 unspecified atom stereocenters. The lowest BCUT2D eigenvalue weighted by Crippen LogP contribution is -2.49. The van der Waals surface area contributed by atoms with Crippen molar-refractivity contribution < 1.29 is 19.0 Å². The maximum absolute atomic E-state index is 12.8. The molecular weight excluding hydrogens is 296 g/mol. The highest BCUT2D eigenvalue weighted by Gasteiger charge is 2.35. The van der Waals surface area contributed by atoms with Crippen LogP contribution in [0.1, 0.15) is 24.4 Å². The van der Waals surface area contributed by atoms with Crippen molar-refractivity contribution in [3.8, 4) is 11.5 Å². The molecule has 23 heavy (non-hydrogen) atoms. The molecule has 1 aromatic rings. The van der Waals surface area contributed by atoms with Crippen molar-refractivity contribution >= 4 is 5.91 Å². The maximum atomic E-state index is 12.8. The van der Waals surface area contributed by atoms with Gasteiger partial charge < -0.3 is 24.4 Å². The Bertz CT molecular complexity index is 586. The van der Waals surface area contributed by atoms with Gasteiger partial charge in [-0.2, -0.15) is 0 Å². The average molecular weight is 318 g/mol. The third-order valence-corrected chi connectivity index (χ3v) is 4.69. The minimum atomic E-state index is -0.360. The third kappa shape index (κ3) is 2.88. The maximum Gasteiger partial charge on any atom is 0.253 e. The normalized spacial score (nSPS) is 27.0. The smallest absolute Gasteiger partial charge is 0.253 e. The van der Waals surface area contributed by atoms with E-state index in [4.69, 9.17) is 14.2 Å². The van der Waals surface area contributed by atoms with Crippen molar-refractivity contribution in [2.24, 2.45) is 0 Å². The van der Waals surface area contributed by atoms with Crippen LogP contribution in [0.2, 0.25) is 0 Å². The van der Waals surface area contributed by atoms with E-state index in [1.807, 2.05) is 23.1 Å². The number of nitrogens with one attached hydrogen (secondary N) is 1. The van der Waals surface area contributed by atoms with Crippen LogP contribution in [0.15, 0.2) is 18.2 Å². The van der Waals surface area contributed by atoms with E-state index >= 15 is 0 Å². The number of carbonyl (C=O) groups is 1. The first kappa shape index (κ1) is 14.8. The SMILES string of the molecule is O=C(C1CNCCO1)N1CCCC1c1ccc2c(c1)OCCO2. The third-order valence-electron chi connectivity index (χ3n) is 4.69. The zero-order valence-electron chi connectivity index (χ0n) is 13.1. The molecule has 0 spiro atoms. The van der Waals surface area contributed by atoms with E-state index in [0.717, 1.165) is 43.0 Å². The number of amides is 1. The number of fused-ring (bicyclic) bond motifs is 1. The van der Waals surface area contributed by atoms with Gasteiger partial charge in [0.05, 0.1) is 12.6 Å². The Balaban J connectivity index is 1.54. The van der Waals surface area contributed by atoms with Gasteiger partial charge in [0.2, 0.25) is 0 Å². The van der Waals surface area contributed by atoms with Crippen LogP contribution < -0.4 is 14.8 Å². The highest BCUT2D eigenvalue weighted by atomic mass is 16.6. The zero-order valence-corrected chi connectivity index (χ0v) is 13.1. The van der Waals surface area contributed by atoms with E-state index in [9.17, 15) is 4.79 Å². The number of morpholine rings is 1. The fourth-order valence-corrected chi connectivity index (χ4v) is 3.55. The molecule has 0 bridgehead atoms. The minimum absolute atomic E-state index is 0.0922. The number of nitrogens with zero attached hydrogens (tertiary/aromatic N) is 1. The predicted molar refractivity (Wildman–Crippen MR) is 83.7 cm³/mol. The van der Waals surface area contributed by atoms with Gasteiger partial charge in [-0.05, 0) is 30.5 Å². The van der Waals surface area contributed by atoms with E-state index in [-0.39, 0.29) is 18.1 Å². The number of hydrogen-bond acceptors (Lipinski definition) is 5. The van der Waals surface area contributed by atoms with Crippen LogP contribution in [-0.2, 0) is 9.53 Å². The van der Waals surface area contributed by atoms with Crippen LogP contribution in [0, 0.1) is 0 Å². The molecule has 2 fully saturated rings. The predicted octanol–water partition coefficient (Wildman–Crippen LogP) is 1.11. The van der Waals surface area contributed by atoms with Gasteiger partial charge in [-0.1, -0.05) is 6.07 Å². The summed E-state index contributed by atoms with van der Waals surface area (Å²) in [6, 6.07) is 6.11. The number of hydrogen-bond donors (Lipinski definition) is 1. The standard InChI is InChI=1S/C17H22N2O4/c20-17(16-11-18-5-7-21-16)19-6-1-2-13(19)12-3-4-14-15(10-12)23-9-8-22-14/h3-4,10,13,16,18H,1-2,5-9,11H2. The Morgan fingerprint density at radius 1 is 1.17 bits per heavy atom. The summed E-state index contributed by atoms with van der Waals surface area (Å²) in [6.45, 7) is 3.97. The second-order valence-electron chi connectivity index (χ2n) is 6.16. The first-order valence-corrected chi connectivity index (χ1v) is 8.35. The number of rotatable bonds is 2. The lowest BCUT2D eigenvalue weighted by molar-refractivity contribution is -0.146. The van der Waals surface area contributed by atoms with Crippen molar-refractivity contribution in [1.82, 2.24) is 10.2 Å². The van der Waals surface area contributed by atoms with Gasteiger partial charge in [0.15, 0.2) is 11.5 Å². The number of benzene rings is 1. The van der Waals surface area contributed by atoms with Crippen molar-refractivity contribution in [2.45, 2.75) is 25.0 Å². The molecule has 4 rings (SSSR count). The molecule has 6 nitrogen and oxygen atoms in total. The molecule has 3 aliphatic heterocycles. The van der Waals surface area contributed by atoms with Crippen LogP contribution in [0.5, 0.6) is 11.5 Å². The fraction of sp³-hybridized carbons (Fsp3) is 0.588. The van der Waals surface area contributed by atoms with Crippen molar-refractivity contribution in [3.63, 3.8) is 0 Å². The molecule has 2 saturated heterocycles. The Morgan fingerprint density at radius 2 is 2.04 bits per heavy atom. The van der Waals surface area contributed by atoms with Crippen LogP contribution >= 0.6 is 0 Å². The van der Waals surface area contributed by atoms with Crippen LogP contribution in [0.25, 0.3) is 0 Å². The second kappa shape index (κ2) is 6.37. The molecule has 1 amide bonds. The van der Waals surface area contributed by atoms with Gasteiger partial charge in [0.25, 0.3) is 5.91 Å². The molecule has 6 heteroatoms. The van der Waals surface area contributed by atoms with Gasteiger partial charge in [-0.3, -0.25) is 4.79 Å². The van der Waals surface area contributed by atoms with E-state index in [1.165, 1.54) is 0 Å². The van der Waals surface area contributed by atoms with E-state index in [1.54, 1.807) is 0 Å². The number of carbonyl (C=O) groups excluding carboxylic acids is 1. The Hall–Kier alpha value is -1.79. The zero-order chi connectivity index (χ0) is 15.6. The van der Waals surface area contributed by atoms with Gasteiger partial charge in [-0.25, -0.2) is 0 Å². The molecule has 2 atom stereocenters. The molecule has 1 aromatic carbocycles. The summed E-state index contributed by atoms with van der Waals surface area (Å²) in [5, 5.41) is 3.23. The van der Waals surface area contributed by atoms with Gasteiger partial charge in [0.1, 0.15) is 19.3 Å². The highest BCUT2D eigenvalue weighted by Crippen LogP contribution is 2.38. The monoisotopic (exact) mass is 318 g/mol. The van der Waals surface area contributed by atoms with E-state index in [0.29, 0.717) is 26.4 Å². The molecular formula is C17H22N2O4. The Kier molecular flexibility index (Phi) is 4.10. The topological polar surface area (TPSA) is 60.0 Å². The first-order valence-electron chi connectivity index (χ1n) is 8.35. The summed E-state index contributed by atoms with van der Waals surface area (Å²) in [7, 11) is 0. The summed E-state index contributed by atoms with van der Waals surface area (Å²) < 4.78 is 16.9. The summed E-state index contributed by atoms with van der Waals surface area (Å²) in [6.07, 6.45) is 1.64. The van der Waals surface area contributed by atoms with Gasteiger partial charge >= 0.3 is 0 Å². The summed E-state index contributed by atoms with van der Waals surface area (Å²) in [4.78, 5) is 14.7. The fourth-order valence-electron chi connectivity index (χ4n) is 3.55. The van der Waals surface area contributed by atoms with Gasteiger partial charge in [-0.15, -0.1) is 0 Å². The van der Waals surface area contributed by atoms with Crippen molar-refractivity contribution in [1.29, 1.82) is 0 Å². The summed E-state index contributed by atoms with van der Waals surface area (Å²) >= 11 is 0. The van der Waals surface area contributed by atoms with Crippen LogP contribution in [0.3, 0.4) is 0 Å². The van der Waals surface area contributed by atoms with E-state index < -0.39 is 0 Å². The molecule has 1 N–H and O–H groups in total. The molecule has 3 heterocycles. The molecule has 3 aliphatic rings. The largest absolute Gasteiger partial charge is 0.486 e. The van der Waals surface area contributed by atoms with Crippen LogP contribution in [-0.4, -0.2) is 56.4 Å². The Labute approximate surface area is 135 Å². The van der Waals surface area contributed by atoms with Crippen molar-refractivity contribution in [3.05, 3.63) is 23.8 Å². The quantitative estimate of drug-likeness (QED) is 0.885. The highest BCUT2D eigenvalue weighted by molar-refractivity contribution is 5.82. The second-order valence-corrected chi connectivity index (χ2v) is 6.16. The lowest BCUT2D eigenvalue weighted by Gasteiger charge is -2.31. The Morgan fingerprint density at radius 3 is 2.87 bits per heavy atom. The summed E-state index contributed by atoms with van der Waals surface area (Å²) in [5.41, 5.74) is 1.11. The minimum Gasteiger partial charge on any atom is -0.486 e. The average Bonchev–Trinajstić information content (AvgIpc) is 3.11. The molecule has 0 aromatic heterocycles.